The predicted molar refractivity (Wildman–Crippen MR) is 64.0 cm³/mol. The normalized spacial score (nSPS) is 22.6. The van der Waals surface area contributed by atoms with Crippen molar-refractivity contribution in [2.75, 3.05) is 26.2 Å². The van der Waals surface area contributed by atoms with E-state index < -0.39 is 0 Å². The molecule has 0 aromatic rings. The second-order valence-electron chi connectivity index (χ2n) is 5.14. The van der Waals surface area contributed by atoms with Gasteiger partial charge in [-0.15, -0.1) is 0 Å². The number of piperidine rings is 1. The second-order valence-corrected chi connectivity index (χ2v) is 5.14. The standard InChI is InChI=1S/C12H23N3O/c13-12(16)5-8-15(11-1-2-11)9-10-3-6-14-7-4-10/h10-11,14H,1-9H2,(H2,13,16). The van der Waals surface area contributed by atoms with Crippen LogP contribution in [-0.4, -0.2) is 43.0 Å². The highest BCUT2D eigenvalue weighted by molar-refractivity contribution is 5.73. The molecule has 1 aliphatic heterocycles. The lowest BCUT2D eigenvalue weighted by Gasteiger charge is -2.29. The molecule has 0 spiro atoms. The van der Waals surface area contributed by atoms with Gasteiger partial charge >= 0.3 is 0 Å². The van der Waals surface area contributed by atoms with Crippen LogP contribution in [0.3, 0.4) is 0 Å². The van der Waals surface area contributed by atoms with Crippen molar-refractivity contribution in [3.63, 3.8) is 0 Å². The summed E-state index contributed by atoms with van der Waals surface area (Å²) in [5.41, 5.74) is 5.22. The molecule has 16 heavy (non-hydrogen) atoms. The van der Waals surface area contributed by atoms with Crippen LogP contribution in [0.15, 0.2) is 0 Å². The summed E-state index contributed by atoms with van der Waals surface area (Å²) in [5, 5.41) is 3.39. The first-order valence-electron chi connectivity index (χ1n) is 6.49. The Hall–Kier alpha value is -0.610. The van der Waals surface area contributed by atoms with Gasteiger partial charge in [0.2, 0.25) is 5.91 Å². The molecule has 1 saturated heterocycles. The Morgan fingerprint density at radius 1 is 1.25 bits per heavy atom. The molecule has 0 bridgehead atoms. The van der Waals surface area contributed by atoms with Crippen molar-refractivity contribution in [3.8, 4) is 0 Å². The Balaban J connectivity index is 1.75. The van der Waals surface area contributed by atoms with Crippen LogP contribution in [0.25, 0.3) is 0 Å². The average molecular weight is 225 g/mol. The number of nitrogens with two attached hydrogens (primary N) is 1. The molecule has 2 fully saturated rings. The fourth-order valence-corrected chi connectivity index (χ4v) is 2.51. The summed E-state index contributed by atoms with van der Waals surface area (Å²) >= 11 is 0. The fourth-order valence-electron chi connectivity index (χ4n) is 2.51. The van der Waals surface area contributed by atoms with Crippen molar-refractivity contribution < 1.29 is 4.79 Å². The molecule has 0 aromatic carbocycles. The maximum Gasteiger partial charge on any atom is 0.218 e. The van der Waals surface area contributed by atoms with E-state index in [4.69, 9.17) is 5.73 Å². The van der Waals surface area contributed by atoms with Gasteiger partial charge in [0.15, 0.2) is 0 Å². The van der Waals surface area contributed by atoms with E-state index in [1.54, 1.807) is 0 Å². The molecule has 0 atom stereocenters. The lowest BCUT2D eigenvalue weighted by molar-refractivity contribution is -0.118. The number of nitrogens with one attached hydrogen (secondary N) is 1. The van der Waals surface area contributed by atoms with Crippen LogP contribution in [-0.2, 0) is 4.79 Å². The van der Waals surface area contributed by atoms with Crippen molar-refractivity contribution in [3.05, 3.63) is 0 Å². The number of nitrogens with zero attached hydrogens (tertiary/aromatic N) is 1. The zero-order valence-corrected chi connectivity index (χ0v) is 9.95. The smallest absolute Gasteiger partial charge is 0.218 e. The number of carbonyl (C=O) groups is 1. The van der Waals surface area contributed by atoms with Crippen molar-refractivity contribution >= 4 is 5.91 Å². The summed E-state index contributed by atoms with van der Waals surface area (Å²) in [6.45, 7) is 4.33. The summed E-state index contributed by atoms with van der Waals surface area (Å²) in [6.07, 6.45) is 5.69. The summed E-state index contributed by atoms with van der Waals surface area (Å²) in [6, 6.07) is 0.745. The molecule has 4 heteroatoms. The van der Waals surface area contributed by atoms with Gasteiger partial charge in [0.1, 0.15) is 0 Å². The molecule has 0 aromatic heterocycles. The molecule has 3 N–H and O–H groups in total. The fraction of sp³-hybridized carbons (Fsp3) is 0.917. The Morgan fingerprint density at radius 3 is 2.50 bits per heavy atom. The first kappa shape index (κ1) is 11.9. The van der Waals surface area contributed by atoms with Crippen LogP contribution < -0.4 is 11.1 Å². The molecular formula is C12H23N3O. The van der Waals surface area contributed by atoms with Gasteiger partial charge in [0, 0.05) is 25.6 Å². The van der Waals surface area contributed by atoms with Gasteiger partial charge in [-0.05, 0) is 44.7 Å². The highest BCUT2D eigenvalue weighted by Crippen LogP contribution is 2.28. The molecule has 0 radical (unpaired) electrons. The number of amides is 1. The Kier molecular flexibility index (Phi) is 4.18. The zero-order chi connectivity index (χ0) is 11.4. The summed E-state index contributed by atoms with van der Waals surface area (Å²) in [5.74, 6) is 0.644. The van der Waals surface area contributed by atoms with E-state index in [-0.39, 0.29) is 5.91 Å². The maximum absolute atomic E-state index is 10.8. The highest BCUT2D eigenvalue weighted by atomic mass is 16.1. The molecule has 0 unspecified atom stereocenters. The molecule has 4 nitrogen and oxygen atoms in total. The number of carbonyl (C=O) groups excluding carboxylic acids is 1. The summed E-state index contributed by atoms with van der Waals surface area (Å²) < 4.78 is 0. The minimum atomic E-state index is -0.170. The van der Waals surface area contributed by atoms with E-state index >= 15 is 0 Å². The van der Waals surface area contributed by atoms with E-state index in [1.165, 1.54) is 32.2 Å². The van der Waals surface area contributed by atoms with Gasteiger partial charge < -0.3 is 11.1 Å². The van der Waals surface area contributed by atoms with E-state index in [2.05, 4.69) is 10.2 Å². The molecule has 1 amide bonds. The van der Waals surface area contributed by atoms with Crippen molar-refractivity contribution in [1.29, 1.82) is 0 Å². The van der Waals surface area contributed by atoms with Crippen molar-refractivity contribution in [2.45, 2.75) is 38.1 Å². The van der Waals surface area contributed by atoms with E-state index in [0.29, 0.717) is 6.42 Å². The first-order chi connectivity index (χ1) is 7.75. The highest BCUT2D eigenvalue weighted by Gasteiger charge is 2.30. The van der Waals surface area contributed by atoms with Crippen LogP contribution in [0.1, 0.15) is 32.1 Å². The molecular weight excluding hydrogens is 202 g/mol. The maximum atomic E-state index is 10.8. The third kappa shape index (κ3) is 3.76. The van der Waals surface area contributed by atoms with E-state index in [1.807, 2.05) is 0 Å². The van der Waals surface area contributed by atoms with Gasteiger partial charge in [-0.2, -0.15) is 0 Å². The van der Waals surface area contributed by atoms with Crippen molar-refractivity contribution in [1.82, 2.24) is 10.2 Å². The predicted octanol–water partition coefficient (Wildman–Crippen LogP) is 0.326. The molecule has 2 aliphatic rings. The van der Waals surface area contributed by atoms with Gasteiger partial charge in [-0.1, -0.05) is 0 Å². The van der Waals surface area contributed by atoms with Crippen molar-refractivity contribution in [2.24, 2.45) is 11.7 Å². The van der Waals surface area contributed by atoms with Gasteiger partial charge in [-0.25, -0.2) is 0 Å². The van der Waals surface area contributed by atoms with Gasteiger partial charge in [-0.3, -0.25) is 9.69 Å². The van der Waals surface area contributed by atoms with Gasteiger partial charge in [0.05, 0.1) is 0 Å². The van der Waals surface area contributed by atoms with Crippen LogP contribution in [0.4, 0.5) is 0 Å². The van der Waals surface area contributed by atoms with Crippen LogP contribution >= 0.6 is 0 Å². The van der Waals surface area contributed by atoms with Crippen LogP contribution in [0.5, 0.6) is 0 Å². The molecule has 1 saturated carbocycles. The minimum absolute atomic E-state index is 0.170. The number of primary amides is 1. The van der Waals surface area contributed by atoms with E-state index in [0.717, 1.165) is 31.6 Å². The number of hydrogen-bond donors (Lipinski definition) is 2. The van der Waals surface area contributed by atoms with Crippen LogP contribution in [0.2, 0.25) is 0 Å². The minimum Gasteiger partial charge on any atom is -0.370 e. The summed E-state index contributed by atoms with van der Waals surface area (Å²) in [4.78, 5) is 13.3. The summed E-state index contributed by atoms with van der Waals surface area (Å²) in [7, 11) is 0. The molecule has 92 valence electrons. The number of hydrogen-bond acceptors (Lipinski definition) is 3. The third-order valence-electron chi connectivity index (χ3n) is 3.66. The topological polar surface area (TPSA) is 58.4 Å². The second kappa shape index (κ2) is 5.64. The van der Waals surface area contributed by atoms with Crippen LogP contribution in [0, 0.1) is 5.92 Å². The monoisotopic (exact) mass is 225 g/mol. The molecule has 2 rings (SSSR count). The lowest BCUT2D eigenvalue weighted by Crippen LogP contribution is -2.38. The Labute approximate surface area is 97.6 Å². The SMILES string of the molecule is NC(=O)CCN(CC1CCNCC1)C1CC1. The van der Waals surface area contributed by atoms with Gasteiger partial charge in [0.25, 0.3) is 0 Å². The largest absolute Gasteiger partial charge is 0.370 e. The Morgan fingerprint density at radius 2 is 1.94 bits per heavy atom. The Bertz CT molecular complexity index is 234. The molecule has 1 heterocycles. The third-order valence-corrected chi connectivity index (χ3v) is 3.66. The quantitative estimate of drug-likeness (QED) is 0.685. The number of rotatable bonds is 6. The lowest BCUT2D eigenvalue weighted by atomic mass is 9.97. The zero-order valence-electron chi connectivity index (χ0n) is 9.95. The average Bonchev–Trinajstić information content (AvgIpc) is 3.09. The molecule has 1 aliphatic carbocycles. The first-order valence-corrected chi connectivity index (χ1v) is 6.49. The van der Waals surface area contributed by atoms with E-state index in [9.17, 15) is 4.79 Å².